The summed E-state index contributed by atoms with van der Waals surface area (Å²) in [4.78, 5) is 0. The van der Waals surface area contributed by atoms with Crippen LogP contribution in [0, 0.1) is 6.92 Å². The zero-order valence-corrected chi connectivity index (χ0v) is 33.9. The molecule has 7 aromatic carbocycles. The van der Waals surface area contributed by atoms with Gasteiger partial charge in [0.2, 0.25) is 0 Å². The smallest absolute Gasteiger partial charge is 0.0387 e. The molecular weight excluding hydrogens is 663 g/mol. The predicted molar refractivity (Wildman–Crippen MR) is 240 cm³/mol. The summed E-state index contributed by atoms with van der Waals surface area (Å²) in [6.07, 6.45) is 9.59. The van der Waals surface area contributed by atoms with E-state index in [1.165, 1.54) is 116 Å². The minimum atomic E-state index is 0.0831. The number of aryl methyl sites for hydroxylation is 1. The van der Waals surface area contributed by atoms with Gasteiger partial charge in [0.25, 0.3) is 0 Å². The number of nitrogens with one attached hydrogen (secondary N) is 1. The van der Waals surface area contributed by atoms with E-state index in [1.807, 2.05) is 0 Å². The molecule has 0 saturated heterocycles. The van der Waals surface area contributed by atoms with Crippen LogP contribution in [-0.4, -0.2) is 0 Å². The van der Waals surface area contributed by atoms with Gasteiger partial charge >= 0.3 is 0 Å². The van der Waals surface area contributed by atoms with E-state index in [0.717, 1.165) is 24.2 Å². The molecule has 0 heterocycles. The maximum absolute atomic E-state index is 3.82. The Morgan fingerprint density at radius 1 is 0.509 bits per heavy atom. The lowest BCUT2D eigenvalue weighted by molar-refractivity contribution is 0.414. The number of anilines is 2. The average molecular weight is 720 g/mol. The number of rotatable bonds is 13. The maximum atomic E-state index is 3.82. The average Bonchev–Trinajstić information content (AvgIpc) is 3.50. The molecule has 1 heteroatoms. The zero-order valence-electron chi connectivity index (χ0n) is 33.9. The van der Waals surface area contributed by atoms with E-state index >= 15 is 0 Å². The van der Waals surface area contributed by atoms with E-state index in [1.54, 1.807) is 0 Å². The highest BCUT2D eigenvalue weighted by Gasteiger charge is 2.42. The molecule has 1 N–H and O–H groups in total. The summed E-state index contributed by atoms with van der Waals surface area (Å²) < 4.78 is 0. The van der Waals surface area contributed by atoms with Gasteiger partial charge in [-0.3, -0.25) is 0 Å². The van der Waals surface area contributed by atoms with Crippen molar-refractivity contribution in [2.24, 2.45) is 0 Å². The summed E-state index contributed by atoms with van der Waals surface area (Å²) >= 11 is 0. The van der Waals surface area contributed by atoms with Gasteiger partial charge < -0.3 is 5.32 Å². The van der Waals surface area contributed by atoms with Gasteiger partial charge in [0.05, 0.1) is 0 Å². The van der Waals surface area contributed by atoms with Crippen molar-refractivity contribution >= 4 is 32.9 Å². The highest BCUT2D eigenvalue weighted by molar-refractivity contribution is 6.21. The van der Waals surface area contributed by atoms with E-state index in [0.29, 0.717) is 0 Å². The minimum absolute atomic E-state index is 0.0831. The molecule has 0 radical (unpaired) electrons. The first-order valence-electron chi connectivity index (χ1n) is 21.0. The number of hydrogen-bond donors (Lipinski definition) is 1. The molecule has 0 atom stereocenters. The highest BCUT2D eigenvalue weighted by atomic mass is 14.9. The molecule has 0 amide bonds. The highest BCUT2D eigenvalue weighted by Crippen LogP contribution is 2.55. The van der Waals surface area contributed by atoms with Crippen LogP contribution in [0.1, 0.15) is 108 Å². The first-order chi connectivity index (χ1) is 26.8. The third kappa shape index (κ3) is 6.46. The second kappa shape index (κ2) is 15.2. The van der Waals surface area contributed by atoms with E-state index < -0.39 is 0 Å². The SMILES string of the molecule is CCCCC1(CCCC)c2ccccc2-c2ccc(Nc3ccc(-c4c5ccccc5c(-c5ccc(C(C)(CC)CC)cc5)c5cc(C)ccc45)cc3)cc21. The first kappa shape index (κ1) is 36.8. The van der Waals surface area contributed by atoms with Crippen LogP contribution < -0.4 is 5.32 Å². The van der Waals surface area contributed by atoms with Gasteiger partial charge in [0.1, 0.15) is 0 Å². The summed E-state index contributed by atoms with van der Waals surface area (Å²) in [5.74, 6) is 0. The van der Waals surface area contributed by atoms with Crippen LogP contribution in [0.15, 0.2) is 133 Å². The minimum Gasteiger partial charge on any atom is -0.356 e. The van der Waals surface area contributed by atoms with Crippen molar-refractivity contribution in [3.63, 3.8) is 0 Å². The van der Waals surface area contributed by atoms with Gasteiger partial charge in [0, 0.05) is 16.8 Å². The van der Waals surface area contributed by atoms with Crippen LogP contribution in [0.3, 0.4) is 0 Å². The Morgan fingerprint density at radius 2 is 1.05 bits per heavy atom. The number of hydrogen-bond acceptors (Lipinski definition) is 1. The van der Waals surface area contributed by atoms with Crippen molar-refractivity contribution in [3.8, 4) is 33.4 Å². The molecule has 0 aliphatic heterocycles. The molecule has 0 spiro atoms. The van der Waals surface area contributed by atoms with Crippen molar-refractivity contribution in [3.05, 3.63) is 156 Å². The topological polar surface area (TPSA) is 12.0 Å². The third-order valence-electron chi connectivity index (χ3n) is 13.3. The van der Waals surface area contributed by atoms with Gasteiger partial charge in [-0.15, -0.1) is 0 Å². The fourth-order valence-electron chi connectivity index (χ4n) is 9.65. The first-order valence-corrected chi connectivity index (χ1v) is 21.0. The molecule has 55 heavy (non-hydrogen) atoms. The molecule has 0 unspecified atom stereocenters. The maximum Gasteiger partial charge on any atom is 0.0387 e. The van der Waals surface area contributed by atoms with Gasteiger partial charge in [-0.25, -0.2) is 0 Å². The van der Waals surface area contributed by atoms with E-state index in [2.05, 4.69) is 180 Å². The van der Waals surface area contributed by atoms with Crippen molar-refractivity contribution in [2.75, 3.05) is 5.32 Å². The molecule has 1 aliphatic rings. The number of fused-ring (bicyclic) bond motifs is 5. The Balaban J connectivity index is 1.18. The lowest BCUT2D eigenvalue weighted by Crippen LogP contribution is -2.25. The summed E-state index contributed by atoms with van der Waals surface area (Å²) in [7, 11) is 0. The predicted octanol–water partition coefficient (Wildman–Crippen LogP) is 16.1. The monoisotopic (exact) mass is 719 g/mol. The Hall–Kier alpha value is -5.14. The quantitative estimate of drug-likeness (QED) is 0.117. The van der Waals surface area contributed by atoms with Gasteiger partial charge in [-0.2, -0.15) is 0 Å². The van der Waals surface area contributed by atoms with Crippen molar-refractivity contribution < 1.29 is 0 Å². The fraction of sp³-hybridized carbons (Fsp3) is 0.296. The molecule has 1 aliphatic carbocycles. The van der Waals surface area contributed by atoms with Crippen LogP contribution >= 0.6 is 0 Å². The van der Waals surface area contributed by atoms with Gasteiger partial charge in [-0.05, 0) is 134 Å². The molecule has 0 fully saturated rings. The lowest BCUT2D eigenvalue weighted by atomic mass is 9.71. The van der Waals surface area contributed by atoms with Gasteiger partial charge in [0.15, 0.2) is 0 Å². The number of benzene rings is 7. The van der Waals surface area contributed by atoms with Crippen molar-refractivity contribution in [1.29, 1.82) is 0 Å². The van der Waals surface area contributed by atoms with E-state index in [9.17, 15) is 0 Å². The van der Waals surface area contributed by atoms with Crippen LogP contribution in [0.5, 0.6) is 0 Å². The van der Waals surface area contributed by atoms with Crippen molar-refractivity contribution in [1.82, 2.24) is 0 Å². The van der Waals surface area contributed by atoms with Crippen LogP contribution in [0.25, 0.3) is 54.9 Å². The van der Waals surface area contributed by atoms with Crippen LogP contribution in [-0.2, 0) is 10.8 Å². The Labute approximate surface area is 329 Å². The Morgan fingerprint density at radius 3 is 1.69 bits per heavy atom. The third-order valence-corrected chi connectivity index (χ3v) is 13.3. The van der Waals surface area contributed by atoms with Crippen molar-refractivity contribution in [2.45, 2.75) is 104 Å². The lowest BCUT2D eigenvalue weighted by Gasteiger charge is -2.33. The molecule has 7 aromatic rings. The van der Waals surface area contributed by atoms with E-state index in [-0.39, 0.29) is 10.8 Å². The Bertz CT molecular complexity index is 2450. The zero-order chi connectivity index (χ0) is 38.2. The summed E-state index contributed by atoms with van der Waals surface area (Å²) in [6.45, 7) is 13.9. The molecular formula is C54H57N. The van der Waals surface area contributed by atoms with Crippen LogP contribution in [0.2, 0.25) is 0 Å². The van der Waals surface area contributed by atoms with Crippen LogP contribution in [0.4, 0.5) is 11.4 Å². The largest absolute Gasteiger partial charge is 0.356 e. The van der Waals surface area contributed by atoms with E-state index in [4.69, 9.17) is 0 Å². The molecule has 0 aromatic heterocycles. The standard InChI is InChI=1S/C54H57N/c1-7-11-33-54(34-12-8-2)49-20-16-15-17-43(49)44-32-30-42(36-50(44)54)55-41-28-24-39(25-29-41)51-45-18-13-14-19-46(45)52(48-35-37(5)21-31-47(48)51)38-22-26-40(27-23-38)53(6,9-3)10-4/h13-32,35-36,55H,7-12,33-34H2,1-6H3. The second-order valence-electron chi connectivity index (χ2n) is 16.5. The summed E-state index contributed by atoms with van der Waals surface area (Å²) in [5.41, 5.74) is 16.3. The fourth-order valence-corrected chi connectivity index (χ4v) is 9.65. The Kier molecular flexibility index (Phi) is 10.2. The molecule has 8 rings (SSSR count). The summed E-state index contributed by atoms with van der Waals surface area (Å²) in [6, 6.07) is 50.9. The molecule has 1 nitrogen and oxygen atoms in total. The number of unbranched alkanes of at least 4 members (excludes halogenated alkanes) is 2. The van der Waals surface area contributed by atoms with Gasteiger partial charge in [-0.1, -0.05) is 175 Å². The summed E-state index contributed by atoms with van der Waals surface area (Å²) in [5, 5.41) is 9.02. The molecule has 0 saturated carbocycles. The normalized spacial score (nSPS) is 13.3. The molecule has 0 bridgehead atoms. The second-order valence-corrected chi connectivity index (χ2v) is 16.5. The molecule has 278 valence electrons.